The van der Waals surface area contributed by atoms with Crippen molar-refractivity contribution >= 4 is 27.6 Å². The monoisotopic (exact) mass is 564 g/mol. The van der Waals surface area contributed by atoms with Gasteiger partial charge in [0, 0.05) is 25.3 Å². The maximum absolute atomic E-state index is 13.5. The van der Waals surface area contributed by atoms with Crippen LogP contribution in [-0.2, 0) is 40.0 Å². The Balaban J connectivity index is 1.48. The van der Waals surface area contributed by atoms with Crippen LogP contribution in [0.4, 0.5) is 5.69 Å². The molecule has 40 heavy (non-hydrogen) atoms. The van der Waals surface area contributed by atoms with Gasteiger partial charge in [0.15, 0.2) is 5.96 Å². The summed E-state index contributed by atoms with van der Waals surface area (Å²) < 4.78 is 29.4. The summed E-state index contributed by atoms with van der Waals surface area (Å²) in [7, 11) is -3.85. The summed E-state index contributed by atoms with van der Waals surface area (Å²) in [6.07, 6.45) is 2.78. The third kappa shape index (κ3) is 8.19. The van der Waals surface area contributed by atoms with Gasteiger partial charge in [0.25, 0.3) is 5.56 Å². The predicted octanol–water partition coefficient (Wildman–Crippen LogP) is 2.30. The molecule has 212 valence electrons. The number of sulfonamides is 1. The fourth-order valence-corrected chi connectivity index (χ4v) is 6.03. The molecule has 1 aromatic heterocycles. The molecule has 11 heteroatoms. The SMILES string of the molecule is N=C(N)N1CCC(CNC(=O)Cn2c(CCc3ccccc3)ccc(NS(=O)(=O)Cc3ccccc3)c2=O)CC1. The molecule has 0 saturated carbocycles. The highest BCUT2D eigenvalue weighted by molar-refractivity contribution is 7.91. The average molecular weight is 565 g/mol. The smallest absolute Gasteiger partial charge is 0.275 e. The van der Waals surface area contributed by atoms with E-state index >= 15 is 0 Å². The summed E-state index contributed by atoms with van der Waals surface area (Å²) in [5, 5.41) is 10.5. The molecule has 1 aliphatic heterocycles. The molecule has 0 bridgehead atoms. The number of nitrogens with zero attached hydrogens (tertiary/aromatic N) is 2. The number of guanidine groups is 1. The fraction of sp³-hybridized carbons (Fsp3) is 0.345. The lowest BCUT2D eigenvalue weighted by Crippen LogP contribution is -2.44. The first-order chi connectivity index (χ1) is 19.2. The number of pyridine rings is 1. The highest BCUT2D eigenvalue weighted by atomic mass is 32.2. The van der Waals surface area contributed by atoms with E-state index < -0.39 is 15.6 Å². The molecule has 0 spiro atoms. The Morgan fingerprint density at radius 2 is 1.55 bits per heavy atom. The zero-order valence-electron chi connectivity index (χ0n) is 22.4. The van der Waals surface area contributed by atoms with Gasteiger partial charge >= 0.3 is 0 Å². The van der Waals surface area contributed by atoms with Gasteiger partial charge in [-0.15, -0.1) is 0 Å². The van der Waals surface area contributed by atoms with E-state index in [-0.39, 0.29) is 35.8 Å². The second-order valence-electron chi connectivity index (χ2n) is 10.1. The number of nitrogens with two attached hydrogens (primary N) is 1. The van der Waals surface area contributed by atoms with Gasteiger partial charge in [-0.1, -0.05) is 60.7 Å². The topological polar surface area (TPSA) is 150 Å². The molecule has 0 radical (unpaired) electrons. The van der Waals surface area contributed by atoms with Gasteiger partial charge in [0.2, 0.25) is 15.9 Å². The zero-order valence-corrected chi connectivity index (χ0v) is 23.2. The normalized spacial score (nSPS) is 14.1. The lowest BCUT2D eigenvalue weighted by Gasteiger charge is -2.32. The Morgan fingerprint density at radius 3 is 2.17 bits per heavy atom. The molecule has 2 heterocycles. The molecule has 0 unspecified atom stereocenters. The molecule has 1 fully saturated rings. The molecule has 0 atom stereocenters. The van der Waals surface area contributed by atoms with Crippen LogP contribution >= 0.6 is 0 Å². The van der Waals surface area contributed by atoms with Crippen molar-refractivity contribution in [2.24, 2.45) is 11.7 Å². The number of benzene rings is 2. The van der Waals surface area contributed by atoms with Gasteiger partial charge in [-0.2, -0.15) is 0 Å². The average Bonchev–Trinajstić information content (AvgIpc) is 2.94. The van der Waals surface area contributed by atoms with Crippen LogP contribution in [0.2, 0.25) is 0 Å². The molecule has 2 aromatic carbocycles. The van der Waals surface area contributed by atoms with Crippen molar-refractivity contribution in [3.05, 3.63) is 100.0 Å². The number of aryl methyl sites for hydroxylation is 2. The number of carbonyl (C=O) groups is 1. The Labute approximate surface area is 234 Å². The second-order valence-corrected chi connectivity index (χ2v) is 11.8. The van der Waals surface area contributed by atoms with Gasteiger partial charge in [-0.25, -0.2) is 8.42 Å². The minimum atomic E-state index is -3.85. The van der Waals surface area contributed by atoms with E-state index in [1.54, 1.807) is 41.3 Å². The summed E-state index contributed by atoms with van der Waals surface area (Å²) in [4.78, 5) is 28.3. The first-order valence-electron chi connectivity index (χ1n) is 13.4. The Bertz CT molecular complexity index is 1470. The van der Waals surface area contributed by atoms with E-state index in [0.717, 1.165) is 18.4 Å². The molecule has 1 saturated heterocycles. The molecule has 5 N–H and O–H groups in total. The third-order valence-corrected chi connectivity index (χ3v) is 8.33. The highest BCUT2D eigenvalue weighted by Gasteiger charge is 2.21. The number of rotatable bonds is 11. The summed E-state index contributed by atoms with van der Waals surface area (Å²) in [5.74, 6) is -0.276. The number of aromatic nitrogens is 1. The number of amides is 1. The van der Waals surface area contributed by atoms with Crippen LogP contribution in [0.15, 0.2) is 77.6 Å². The van der Waals surface area contributed by atoms with E-state index in [1.165, 1.54) is 10.6 Å². The maximum Gasteiger partial charge on any atom is 0.275 e. The number of nitrogens with one attached hydrogen (secondary N) is 3. The molecule has 1 amide bonds. The fourth-order valence-electron chi connectivity index (χ4n) is 4.84. The Morgan fingerprint density at radius 1 is 0.925 bits per heavy atom. The lowest BCUT2D eigenvalue weighted by atomic mass is 9.97. The van der Waals surface area contributed by atoms with Gasteiger partial charge in [-0.3, -0.25) is 19.7 Å². The highest BCUT2D eigenvalue weighted by Crippen LogP contribution is 2.16. The number of carbonyl (C=O) groups excluding carboxylic acids is 1. The summed E-state index contributed by atoms with van der Waals surface area (Å²) in [6, 6.07) is 21.7. The van der Waals surface area contributed by atoms with Crippen LogP contribution in [0.3, 0.4) is 0 Å². The van der Waals surface area contributed by atoms with Crippen molar-refractivity contribution in [3.63, 3.8) is 0 Å². The quantitative estimate of drug-likeness (QED) is 0.207. The van der Waals surface area contributed by atoms with Gasteiger partial charge in [-0.05, 0) is 54.9 Å². The predicted molar refractivity (Wildman–Crippen MR) is 156 cm³/mol. The third-order valence-electron chi connectivity index (χ3n) is 7.09. The van der Waals surface area contributed by atoms with E-state index in [0.29, 0.717) is 43.7 Å². The minimum Gasteiger partial charge on any atom is -0.370 e. The van der Waals surface area contributed by atoms with Crippen molar-refractivity contribution in [2.75, 3.05) is 24.4 Å². The largest absolute Gasteiger partial charge is 0.370 e. The summed E-state index contributed by atoms with van der Waals surface area (Å²) in [5.41, 5.74) is 7.24. The zero-order chi connectivity index (χ0) is 28.5. The number of likely N-dealkylation sites (tertiary alicyclic amines) is 1. The van der Waals surface area contributed by atoms with E-state index in [1.807, 2.05) is 30.3 Å². The molecule has 4 rings (SSSR count). The molecule has 3 aromatic rings. The van der Waals surface area contributed by atoms with Crippen molar-refractivity contribution in [1.82, 2.24) is 14.8 Å². The Kier molecular flexibility index (Phi) is 9.60. The van der Waals surface area contributed by atoms with Crippen molar-refractivity contribution in [2.45, 2.75) is 38.0 Å². The maximum atomic E-state index is 13.5. The van der Waals surface area contributed by atoms with E-state index in [4.69, 9.17) is 11.1 Å². The van der Waals surface area contributed by atoms with Crippen LogP contribution < -0.4 is 21.3 Å². The van der Waals surface area contributed by atoms with Crippen LogP contribution in [0.5, 0.6) is 0 Å². The number of piperidine rings is 1. The summed E-state index contributed by atoms with van der Waals surface area (Å²) in [6.45, 7) is 1.58. The van der Waals surface area contributed by atoms with Gasteiger partial charge < -0.3 is 20.5 Å². The first kappa shape index (κ1) is 28.9. The van der Waals surface area contributed by atoms with Crippen LogP contribution in [0.1, 0.15) is 29.7 Å². The van der Waals surface area contributed by atoms with E-state index in [2.05, 4.69) is 10.0 Å². The lowest BCUT2D eigenvalue weighted by molar-refractivity contribution is -0.122. The molecular weight excluding hydrogens is 528 g/mol. The first-order valence-corrected chi connectivity index (χ1v) is 15.0. The second kappa shape index (κ2) is 13.3. The summed E-state index contributed by atoms with van der Waals surface area (Å²) >= 11 is 0. The molecule has 1 aliphatic rings. The van der Waals surface area contributed by atoms with Crippen molar-refractivity contribution in [3.8, 4) is 0 Å². The van der Waals surface area contributed by atoms with Gasteiger partial charge in [0.05, 0.1) is 5.75 Å². The van der Waals surface area contributed by atoms with Crippen LogP contribution in [0.25, 0.3) is 0 Å². The molecule has 0 aliphatic carbocycles. The minimum absolute atomic E-state index is 0.0594. The van der Waals surface area contributed by atoms with Crippen molar-refractivity contribution in [1.29, 1.82) is 5.41 Å². The number of hydrogen-bond donors (Lipinski definition) is 4. The van der Waals surface area contributed by atoms with Crippen LogP contribution in [-0.4, -0.2) is 49.4 Å². The molecular formula is C29H36N6O4S. The standard InChI is InChI=1S/C29H36N6O4S/c30-29(31)34-17-15-23(16-18-34)19-32-27(36)20-35-25(12-11-22-7-3-1-4-8-22)13-14-26(28(35)37)33-40(38,39)21-24-9-5-2-6-10-24/h1-10,13-14,23,33H,11-12,15-21H2,(H3,30,31)(H,32,36). The number of hydrogen-bond acceptors (Lipinski definition) is 5. The van der Waals surface area contributed by atoms with Crippen molar-refractivity contribution < 1.29 is 13.2 Å². The Hall–Kier alpha value is -4.12. The molecule has 10 nitrogen and oxygen atoms in total. The van der Waals surface area contributed by atoms with Crippen LogP contribution in [0, 0.1) is 11.3 Å². The number of anilines is 1. The van der Waals surface area contributed by atoms with E-state index in [9.17, 15) is 18.0 Å². The van der Waals surface area contributed by atoms with Gasteiger partial charge in [0.1, 0.15) is 12.2 Å².